The van der Waals surface area contributed by atoms with Crippen molar-refractivity contribution in [2.24, 2.45) is 4.99 Å². The van der Waals surface area contributed by atoms with E-state index in [1.54, 1.807) is 0 Å². The Bertz CT molecular complexity index is 597. The summed E-state index contributed by atoms with van der Waals surface area (Å²) in [7, 11) is 0. The minimum atomic E-state index is 0.361. The van der Waals surface area contributed by atoms with Crippen LogP contribution in [-0.2, 0) is 0 Å². The van der Waals surface area contributed by atoms with E-state index in [2.05, 4.69) is 29.5 Å². The molecule has 0 saturated carbocycles. The van der Waals surface area contributed by atoms with Crippen molar-refractivity contribution in [3.63, 3.8) is 0 Å². The zero-order valence-corrected chi connectivity index (χ0v) is 14.7. The van der Waals surface area contributed by atoms with Gasteiger partial charge in [0.2, 0.25) is 0 Å². The van der Waals surface area contributed by atoms with E-state index in [1.165, 1.54) is 5.56 Å². The highest BCUT2D eigenvalue weighted by molar-refractivity contribution is 6.32. The van der Waals surface area contributed by atoms with Gasteiger partial charge in [0.15, 0.2) is 5.82 Å². The van der Waals surface area contributed by atoms with Crippen LogP contribution < -0.4 is 0 Å². The van der Waals surface area contributed by atoms with Gasteiger partial charge in [0.1, 0.15) is 0 Å². The van der Waals surface area contributed by atoms with Gasteiger partial charge in [0.25, 0.3) is 0 Å². The van der Waals surface area contributed by atoms with E-state index in [1.807, 2.05) is 51.3 Å². The molecular weight excluding hydrogens is 292 g/mol. The van der Waals surface area contributed by atoms with E-state index in [9.17, 15) is 0 Å². The van der Waals surface area contributed by atoms with Crippen molar-refractivity contribution in [1.82, 2.24) is 4.98 Å². The quantitative estimate of drug-likeness (QED) is 0.331. The fraction of sp³-hybridized carbons (Fsp3) is 0.368. The van der Waals surface area contributed by atoms with E-state index in [0.717, 1.165) is 29.9 Å². The van der Waals surface area contributed by atoms with E-state index >= 15 is 0 Å². The maximum Gasteiger partial charge on any atom is 0.154 e. The van der Waals surface area contributed by atoms with Crippen LogP contribution in [0, 0.1) is 6.92 Å². The number of nitrogens with zero attached hydrogens (tertiary/aromatic N) is 2. The number of halogens is 1. The topological polar surface area (TPSA) is 25.2 Å². The maximum absolute atomic E-state index is 6.06. The second-order valence-corrected chi connectivity index (χ2v) is 5.76. The zero-order chi connectivity index (χ0) is 16.5. The largest absolute Gasteiger partial charge is 0.237 e. The molecule has 0 N–H and O–H groups in total. The molecule has 0 spiro atoms. The molecule has 0 aromatic carbocycles. The first-order chi connectivity index (χ1) is 10.5. The lowest BCUT2D eigenvalue weighted by molar-refractivity contribution is 0.715. The Labute approximate surface area is 139 Å². The van der Waals surface area contributed by atoms with E-state index in [4.69, 9.17) is 11.6 Å². The number of pyridine rings is 1. The van der Waals surface area contributed by atoms with Crippen molar-refractivity contribution >= 4 is 23.1 Å². The number of aromatic nitrogens is 1. The molecule has 0 fully saturated rings. The van der Waals surface area contributed by atoms with Crippen LogP contribution in [0.4, 0.5) is 5.82 Å². The van der Waals surface area contributed by atoms with Gasteiger partial charge in [-0.05, 0) is 50.5 Å². The Morgan fingerprint density at radius 1 is 1.50 bits per heavy atom. The minimum Gasteiger partial charge on any atom is -0.237 e. The molecule has 0 saturated heterocycles. The third-order valence-electron chi connectivity index (χ3n) is 3.34. The summed E-state index contributed by atoms with van der Waals surface area (Å²) >= 11 is 6.06. The molecule has 0 aliphatic heterocycles. The molecule has 0 aliphatic rings. The lowest BCUT2D eigenvalue weighted by atomic mass is 9.95. The summed E-state index contributed by atoms with van der Waals surface area (Å²) < 4.78 is 0. The minimum absolute atomic E-state index is 0.361. The third kappa shape index (κ3) is 5.61. The van der Waals surface area contributed by atoms with E-state index < -0.39 is 0 Å². The number of aliphatic imine (C=N–C) groups is 1. The van der Waals surface area contributed by atoms with Crippen molar-refractivity contribution in [3.05, 3.63) is 59.3 Å². The molecule has 2 nitrogen and oxygen atoms in total. The standard InChI is InChI=1S/C19H25ClN2/c1-6-9-16(8-3)17-11-14(4)19(21-13-17)22-15(5)12-18(20)10-7-2/h7-8,10-13,16H,3,6,9H2,1-2,4-5H3/b10-7-,18-12+,22-15?. The molecule has 3 heteroatoms. The first-order valence-electron chi connectivity index (χ1n) is 7.66. The van der Waals surface area contributed by atoms with Gasteiger partial charge in [-0.1, -0.05) is 43.2 Å². The van der Waals surface area contributed by atoms with Gasteiger partial charge in [0.05, 0.1) is 0 Å². The van der Waals surface area contributed by atoms with Crippen molar-refractivity contribution in [3.8, 4) is 0 Å². The Morgan fingerprint density at radius 3 is 2.77 bits per heavy atom. The Hall–Kier alpha value is -1.67. The Balaban J connectivity index is 3.03. The fourth-order valence-corrected chi connectivity index (χ4v) is 2.53. The predicted molar refractivity (Wildman–Crippen MR) is 98.3 cm³/mol. The number of hydrogen-bond acceptors (Lipinski definition) is 2. The highest BCUT2D eigenvalue weighted by Crippen LogP contribution is 2.26. The van der Waals surface area contributed by atoms with Gasteiger partial charge in [-0.25, -0.2) is 9.98 Å². The van der Waals surface area contributed by atoms with Gasteiger partial charge in [-0.3, -0.25) is 0 Å². The average molecular weight is 317 g/mol. The van der Waals surface area contributed by atoms with E-state index in [0.29, 0.717) is 11.0 Å². The maximum atomic E-state index is 6.06. The third-order valence-corrected chi connectivity index (χ3v) is 3.57. The summed E-state index contributed by atoms with van der Waals surface area (Å²) in [4.78, 5) is 9.03. The molecule has 0 aliphatic carbocycles. The summed E-state index contributed by atoms with van der Waals surface area (Å²) in [5.41, 5.74) is 3.10. The lowest BCUT2D eigenvalue weighted by Crippen LogP contribution is -1.97. The molecule has 0 radical (unpaired) electrons. The Kier molecular flexibility index (Phi) is 7.83. The molecule has 1 heterocycles. The Morgan fingerprint density at radius 2 is 2.23 bits per heavy atom. The second kappa shape index (κ2) is 9.37. The number of allylic oxidation sites excluding steroid dienone is 5. The smallest absolute Gasteiger partial charge is 0.154 e. The molecule has 0 amide bonds. The summed E-state index contributed by atoms with van der Waals surface area (Å²) in [6.45, 7) is 12.0. The summed E-state index contributed by atoms with van der Waals surface area (Å²) in [6, 6.07) is 2.15. The second-order valence-electron chi connectivity index (χ2n) is 5.32. The van der Waals surface area contributed by atoms with Crippen LogP contribution in [0.15, 0.2) is 53.2 Å². The van der Waals surface area contributed by atoms with Gasteiger partial charge in [0, 0.05) is 22.9 Å². The van der Waals surface area contributed by atoms with Crippen LogP contribution in [0.1, 0.15) is 50.7 Å². The van der Waals surface area contributed by atoms with Gasteiger partial charge in [-0.15, -0.1) is 6.58 Å². The van der Waals surface area contributed by atoms with Crippen molar-refractivity contribution in [2.45, 2.75) is 46.5 Å². The van der Waals surface area contributed by atoms with Crippen LogP contribution in [0.25, 0.3) is 0 Å². The highest BCUT2D eigenvalue weighted by Gasteiger charge is 2.09. The molecule has 22 heavy (non-hydrogen) atoms. The van der Waals surface area contributed by atoms with E-state index in [-0.39, 0.29) is 0 Å². The van der Waals surface area contributed by atoms with Gasteiger partial charge >= 0.3 is 0 Å². The molecular formula is C19H25ClN2. The predicted octanol–water partition coefficient (Wildman–Crippen LogP) is 6.25. The van der Waals surface area contributed by atoms with Crippen LogP contribution in [0.5, 0.6) is 0 Å². The van der Waals surface area contributed by atoms with Crippen LogP contribution in [0.2, 0.25) is 0 Å². The molecule has 1 rings (SSSR count). The summed E-state index contributed by atoms with van der Waals surface area (Å²) in [5.74, 6) is 1.10. The van der Waals surface area contributed by atoms with Crippen molar-refractivity contribution in [1.29, 1.82) is 0 Å². The number of rotatable bonds is 7. The van der Waals surface area contributed by atoms with Crippen molar-refractivity contribution < 1.29 is 0 Å². The van der Waals surface area contributed by atoms with Crippen LogP contribution in [0.3, 0.4) is 0 Å². The number of hydrogen-bond donors (Lipinski definition) is 0. The lowest BCUT2D eigenvalue weighted by Gasteiger charge is -2.12. The first kappa shape index (κ1) is 18.4. The SMILES string of the molecule is C=CC(CCC)c1cnc(N=C(C)/C=C(Cl)\C=C/C)c(C)c1. The zero-order valence-electron chi connectivity index (χ0n) is 13.9. The average Bonchev–Trinajstić information content (AvgIpc) is 2.47. The molecule has 1 atom stereocenters. The first-order valence-corrected chi connectivity index (χ1v) is 8.03. The molecule has 1 unspecified atom stereocenters. The van der Waals surface area contributed by atoms with Gasteiger partial charge < -0.3 is 0 Å². The molecule has 0 bridgehead atoms. The highest BCUT2D eigenvalue weighted by atomic mass is 35.5. The fourth-order valence-electron chi connectivity index (χ4n) is 2.25. The summed E-state index contributed by atoms with van der Waals surface area (Å²) in [5, 5.41) is 0.660. The normalized spacial score (nSPS) is 14.4. The summed E-state index contributed by atoms with van der Waals surface area (Å²) in [6.07, 6.45) is 11.7. The molecule has 1 aromatic heterocycles. The number of aryl methyl sites for hydroxylation is 1. The monoisotopic (exact) mass is 316 g/mol. The van der Waals surface area contributed by atoms with Gasteiger partial charge in [-0.2, -0.15) is 0 Å². The molecule has 1 aromatic rings. The molecule has 118 valence electrons. The van der Waals surface area contributed by atoms with Crippen molar-refractivity contribution in [2.75, 3.05) is 0 Å². The van der Waals surface area contributed by atoms with Crippen LogP contribution in [-0.4, -0.2) is 10.7 Å². The van der Waals surface area contributed by atoms with Crippen LogP contribution >= 0.6 is 11.6 Å².